The van der Waals surface area contributed by atoms with Crippen molar-refractivity contribution in [3.63, 3.8) is 0 Å². The fraction of sp³-hybridized carbons (Fsp3) is 0.188. The second-order valence-corrected chi connectivity index (χ2v) is 5.31. The molecule has 0 unspecified atom stereocenters. The van der Waals surface area contributed by atoms with Crippen LogP contribution in [0, 0.1) is 6.92 Å². The molecule has 0 radical (unpaired) electrons. The molecule has 0 fully saturated rings. The molecule has 5 heteroatoms. The number of nitrogens with zero attached hydrogens (tertiary/aromatic N) is 2. The Morgan fingerprint density at radius 2 is 1.81 bits per heavy atom. The van der Waals surface area contributed by atoms with E-state index in [1.807, 2.05) is 25.1 Å². The normalized spacial score (nSPS) is 10.2. The van der Waals surface area contributed by atoms with Gasteiger partial charge in [0.25, 0.3) is 5.91 Å². The van der Waals surface area contributed by atoms with Gasteiger partial charge in [-0.1, -0.05) is 30.4 Å². The standard InChI is InChI=1S/C16H17N3OS/c1-11-4-3-5-14(18-11)10-19(2)16(20)13-8-6-12(7-9-13)15(17)21/h3-9H,10H2,1-2H3,(H2,17,21). The zero-order chi connectivity index (χ0) is 15.4. The van der Waals surface area contributed by atoms with Crippen LogP contribution in [0.4, 0.5) is 0 Å². The highest BCUT2D eigenvalue weighted by molar-refractivity contribution is 7.80. The number of pyridine rings is 1. The lowest BCUT2D eigenvalue weighted by Gasteiger charge is -2.17. The lowest BCUT2D eigenvalue weighted by Crippen LogP contribution is -2.26. The third kappa shape index (κ3) is 3.86. The number of carbonyl (C=O) groups excluding carboxylic acids is 1. The van der Waals surface area contributed by atoms with E-state index in [4.69, 9.17) is 18.0 Å². The summed E-state index contributed by atoms with van der Waals surface area (Å²) in [6.07, 6.45) is 0. The van der Waals surface area contributed by atoms with E-state index in [0.29, 0.717) is 17.1 Å². The van der Waals surface area contributed by atoms with E-state index in [0.717, 1.165) is 17.0 Å². The summed E-state index contributed by atoms with van der Waals surface area (Å²) in [7, 11) is 1.76. The number of amides is 1. The van der Waals surface area contributed by atoms with E-state index in [2.05, 4.69) is 4.98 Å². The molecular weight excluding hydrogens is 282 g/mol. The molecule has 0 bridgehead atoms. The molecule has 0 spiro atoms. The van der Waals surface area contributed by atoms with Gasteiger partial charge in [0.1, 0.15) is 4.99 Å². The second-order valence-electron chi connectivity index (χ2n) is 4.87. The predicted octanol–water partition coefficient (Wildman–Crippen LogP) is 2.30. The first-order chi connectivity index (χ1) is 9.97. The number of nitrogens with two attached hydrogens (primary N) is 1. The molecule has 1 aromatic heterocycles. The molecule has 0 aliphatic carbocycles. The maximum absolute atomic E-state index is 12.3. The van der Waals surface area contributed by atoms with Crippen LogP contribution in [0.15, 0.2) is 42.5 Å². The first-order valence-electron chi connectivity index (χ1n) is 6.55. The number of aromatic nitrogens is 1. The number of carbonyl (C=O) groups is 1. The van der Waals surface area contributed by atoms with Crippen LogP contribution < -0.4 is 5.73 Å². The van der Waals surface area contributed by atoms with Crippen molar-refractivity contribution in [2.24, 2.45) is 5.73 Å². The maximum atomic E-state index is 12.3. The molecule has 108 valence electrons. The molecule has 0 saturated carbocycles. The van der Waals surface area contributed by atoms with Gasteiger partial charge in [-0.25, -0.2) is 0 Å². The predicted molar refractivity (Wildman–Crippen MR) is 87.1 cm³/mol. The van der Waals surface area contributed by atoms with Gasteiger partial charge in [0, 0.05) is 23.9 Å². The van der Waals surface area contributed by atoms with Gasteiger partial charge in [-0.15, -0.1) is 0 Å². The third-order valence-electron chi connectivity index (χ3n) is 3.11. The van der Waals surface area contributed by atoms with Crippen molar-refractivity contribution in [3.8, 4) is 0 Å². The van der Waals surface area contributed by atoms with Crippen molar-refractivity contribution in [1.82, 2.24) is 9.88 Å². The minimum absolute atomic E-state index is 0.0622. The van der Waals surface area contributed by atoms with E-state index in [1.165, 1.54) is 0 Å². The monoisotopic (exact) mass is 299 g/mol. The number of benzene rings is 1. The Morgan fingerprint density at radius 1 is 1.19 bits per heavy atom. The minimum atomic E-state index is -0.0622. The van der Waals surface area contributed by atoms with Gasteiger partial charge in [0.05, 0.1) is 12.2 Å². The Morgan fingerprint density at radius 3 is 2.38 bits per heavy atom. The third-order valence-corrected chi connectivity index (χ3v) is 3.34. The van der Waals surface area contributed by atoms with Crippen LogP contribution in [0.25, 0.3) is 0 Å². The average Bonchev–Trinajstić information content (AvgIpc) is 2.46. The van der Waals surface area contributed by atoms with Gasteiger partial charge in [-0.2, -0.15) is 0 Å². The van der Waals surface area contributed by atoms with Crippen molar-refractivity contribution in [2.45, 2.75) is 13.5 Å². The highest BCUT2D eigenvalue weighted by Crippen LogP contribution is 2.09. The van der Waals surface area contributed by atoms with Crippen LogP contribution in [0.2, 0.25) is 0 Å². The van der Waals surface area contributed by atoms with Crippen LogP contribution in [-0.2, 0) is 6.54 Å². The summed E-state index contributed by atoms with van der Waals surface area (Å²) in [5.41, 5.74) is 8.71. The van der Waals surface area contributed by atoms with E-state index in [9.17, 15) is 4.79 Å². The number of aryl methyl sites for hydroxylation is 1. The molecule has 2 rings (SSSR count). The summed E-state index contributed by atoms with van der Waals surface area (Å²) in [5.74, 6) is -0.0622. The number of rotatable bonds is 4. The average molecular weight is 299 g/mol. The molecule has 1 amide bonds. The minimum Gasteiger partial charge on any atom is -0.389 e. The molecular formula is C16H17N3OS. The van der Waals surface area contributed by atoms with Crippen molar-refractivity contribution in [2.75, 3.05) is 7.05 Å². The Balaban J connectivity index is 2.10. The molecule has 0 aliphatic heterocycles. The van der Waals surface area contributed by atoms with E-state index < -0.39 is 0 Å². The first kappa shape index (κ1) is 15.1. The number of thiocarbonyl (C=S) groups is 1. The molecule has 1 aromatic carbocycles. The summed E-state index contributed by atoms with van der Waals surface area (Å²) in [4.78, 5) is 18.7. The van der Waals surface area contributed by atoms with Gasteiger partial charge in [-0.3, -0.25) is 9.78 Å². The Labute approximate surface area is 129 Å². The summed E-state index contributed by atoms with van der Waals surface area (Å²) >= 11 is 4.90. The largest absolute Gasteiger partial charge is 0.389 e. The van der Waals surface area contributed by atoms with E-state index in [-0.39, 0.29) is 5.91 Å². The molecule has 4 nitrogen and oxygen atoms in total. The van der Waals surface area contributed by atoms with E-state index >= 15 is 0 Å². The summed E-state index contributed by atoms with van der Waals surface area (Å²) in [6.45, 7) is 2.40. The molecule has 0 aliphatic rings. The molecule has 2 N–H and O–H groups in total. The molecule has 2 aromatic rings. The van der Waals surface area contributed by atoms with Crippen molar-refractivity contribution < 1.29 is 4.79 Å². The van der Waals surface area contributed by atoms with Gasteiger partial charge in [-0.05, 0) is 31.2 Å². The van der Waals surface area contributed by atoms with Gasteiger partial charge >= 0.3 is 0 Å². The van der Waals surface area contributed by atoms with Gasteiger partial charge in [0.2, 0.25) is 0 Å². The molecule has 0 atom stereocenters. The zero-order valence-corrected chi connectivity index (χ0v) is 12.9. The fourth-order valence-electron chi connectivity index (χ4n) is 2.00. The molecule has 0 saturated heterocycles. The second kappa shape index (κ2) is 6.45. The zero-order valence-electron chi connectivity index (χ0n) is 12.0. The lowest BCUT2D eigenvalue weighted by molar-refractivity contribution is 0.0783. The summed E-state index contributed by atoms with van der Waals surface area (Å²) in [5, 5.41) is 0. The van der Waals surface area contributed by atoms with Gasteiger partial charge < -0.3 is 10.6 Å². The topological polar surface area (TPSA) is 59.2 Å². The molecule has 21 heavy (non-hydrogen) atoms. The van der Waals surface area contributed by atoms with Crippen LogP contribution in [0.1, 0.15) is 27.3 Å². The van der Waals surface area contributed by atoms with Crippen molar-refractivity contribution >= 4 is 23.1 Å². The van der Waals surface area contributed by atoms with Crippen molar-refractivity contribution in [1.29, 1.82) is 0 Å². The fourth-order valence-corrected chi connectivity index (χ4v) is 2.14. The SMILES string of the molecule is Cc1cccc(CN(C)C(=O)c2ccc(C(N)=S)cc2)n1. The Kier molecular flexibility index (Phi) is 4.65. The highest BCUT2D eigenvalue weighted by atomic mass is 32.1. The lowest BCUT2D eigenvalue weighted by atomic mass is 10.1. The maximum Gasteiger partial charge on any atom is 0.253 e. The highest BCUT2D eigenvalue weighted by Gasteiger charge is 2.12. The Hall–Kier alpha value is -2.27. The van der Waals surface area contributed by atoms with Crippen LogP contribution in [0.5, 0.6) is 0 Å². The van der Waals surface area contributed by atoms with Crippen molar-refractivity contribution in [3.05, 3.63) is 65.0 Å². The number of hydrogen-bond acceptors (Lipinski definition) is 3. The van der Waals surface area contributed by atoms with Crippen LogP contribution >= 0.6 is 12.2 Å². The smallest absolute Gasteiger partial charge is 0.253 e. The van der Waals surface area contributed by atoms with Crippen LogP contribution in [0.3, 0.4) is 0 Å². The van der Waals surface area contributed by atoms with E-state index in [1.54, 1.807) is 36.2 Å². The first-order valence-corrected chi connectivity index (χ1v) is 6.96. The Bertz CT molecular complexity index is 667. The summed E-state index contributed by atoms with van der Waals surface area (Å²) < 4.78 is 0. The summed E-state index contributed by atoms with van der Waals surface area (Å²) in [6, 6.07) is 12.8. The number of hydrogen-bond donors (Lipinski definition) is 1. The quantitative estimate of drug-likeness (QED) is 0.880. The van der Waals surface area contributed by atoms with Gasteiger partial charge in [0.15, 0.2) is 0 Å². The van der Waals surface area contributed by atoms with Crippen LogP contribution in [-0.4, -0.2) is 27.8 Å². The molecule has 1 heterocycles.